The molecule has 1 aliphatic heterocycles. The van der Waals surface area contributed by atoms with E-state index in [2.05, 4.69) is 12.2 Å². The van der Waals surface area contributed by atoms with Gasteiger partial charge in [-0.3, -0.25) is 19.2 Å². The Balaban J connectivity index is 1.50. The van der Waals surface area contributed by atoms with Gasteiger partial charge in [-0.2, -0.15) is 0 Å². The van der Waals surface area contributed by atoms with Crippen molar-refractivity contribution >= 4 is 34.9 Å². The third kappa shape index (κ3) is 5.11. The lowest BCUT2D eigenvalue weighted by Gasteiger charge is -2.17. The maximum Gasteiger partial charge on any atom is 0.311 e. The van der Waals surface area contributed by atoms with E-state index in [1.165, 1.54) is 12.5 Å². The predicted molar refractivity (Wildman–Crippen MR) is 112 cm³/mol. The molecule has 0 saturated carbocycles. The number of aryl methyl sites for hydroxylation is 1. The smallest absolute Gasteiger partial charge is 0.311 e. The minimum absolute atomic E-state index is 0.0580. The van der Waals surface area contributed by atoms with Crippen LogP contribution in [0.4, 0.5) is 11.4 Å². The van der Waals surface area contributed by atoms with Gasteiger partial charge in [0.05, 0.1) is 5.92 Å². The highest BCUT2D eigenvalue weighted by atomic mass is 16.5. The largest absolute Gasteiger partial charge is 0.455 e. The lowest BCUT2D eigenvalue weighted by molar-refractivity contribution is -0.151. The number of nitrogens with zero attached hydrogens (tertiary/aromatic N) is 1. The number of ketones is 1. The number of ether oxygens (including phenoxy) is 1. The van der Waals surface area contributed by atoms with E-state index < -0.39 is 24.4 Å². The number of nitrogens with one attached hydrogen (secondary N) is 1. The van der Waals surface area contributed by atoms with E-state index in [-0.39, 0.29) is 24.7 Å². The summed E-state index contributed by atoms with van der Waals surface area (Å²) in [6, 6.07) is 14.1. The Morgan fingerprint density at radius 2 is 1.73 bits per heavy atom. The molecule has 30 heavy (non-hydrogen) atoms. The molecule has 7 heteroatoms. The van der Waals surface area contributed by atoms with Gasteiger partial charge < -0.3 is 15.0 Å². The summed E-state index contributed by atoms with van der Waals surface area (Å²) in [5.74, 6) is -1.88. The topological polar surface area (TPSA) is 92.8 Å². The number of rotatable bonds is 7. The highest BCUT2D eigenvalue weighted by Gasteiger charge is 2.36. The molecule has 1 heterocycles. The van der Waals surface area contributed by atoms with Crippen LogP contribution in [0.25, 0.3) is 0 Å². The second-order valence-corrected chi connectivity index (χ2v) is 7.21. The number of amides is 2. The zero-order valence-electron chi connectivity index (χ0n) is 17.0. The Labute approximate surface area is 175 Å². The number of benzene rings is 2. The number of carbonyl (C=O) groups excluding carboxylic acids is 4. The first-order chi connectivity index (χ1) is 14.4. The first-order valence-corrected chi connectivity index (χ1v) is 9.84. The molecule has 2 aromatic carbocycles. The van der Waals surface area contributed by atoms with Crippen LogP contribution in [0.15, 0.2) is 48.5 Å². The number of esters is 1. The summed E-state index contributed by atoms with van der Waals surface area (Å²) in [4.78, 5) is 49.5. The van der Waals surface area contributed by atoms with Crippen molar-refractivity contribution < 1.29 is 23.9 Å². The van der Waals surface area contributed by atoms with Crippen molar-refractivity contribution in [1.29, 1.82) is 0 Å². The third-order valence-electron chi connectivity index (χ3n) is 5.04. The molecule has 0 spiro atoms. The summed E-state index contributed by atoms with van der Waals surface area (Å²) < 4.78 is 5.11. The van der Waals surface area contributed by atoms with Gasteiger partial charge >= 0.3 is 5.97 Å². The van der Waals surface area contributed by atoms with E-state index in [0.29, 0.717) is 11.3 Å². The Morgan fingerprint density at radius 1 is 1.07 bits per heavy atom. The number of anilines is 2. The van der Waals surface area contributed by atoms with Crippen molar-refractivity contribution in [1.82, 2.24) is 0 Å². The van der Waals surface area contributed by atoms with Gasteiger partial charge in [0.15, 0.2) is 12.4 Å². The minimum Gasteiger partial charge on any atom is -0.455 e. The van der Waals surface area contributed by atoms with Gasteiger partial charge in [-0.1, -0.05) is 19.1 Å². The number of hydrogen-bond donors (Lipinski definition) is 1. The molecule has 156 valence electrons. The average Bonchev–Trinajstić information content (AvgIpc) is 3.14. The van der Waals surface area contributed by atoms with Crippen LogP contribution in [0, 0.1) is 5.92 Å². The standard InChI is InChI=1S/C23H24N2O5/c1-3-16-4-10-20(11-5-16)25-13-18(12-22(25)28)23(29)30-14-21(27)24-19-8-6-17(7-9-19)15(2)26/h4-11,18H,3,12-14H2,1-2H3,(H,24,27)/t18-/m1/s1. The van der Waals surface area contributed by atoms with Crippen molar-refractivity contribution in [3.63, 3.8) is 0 Å². The molecule has 2 aromatic rings. The van der Waals surface area contributed by atoms with Gasteiger partial charge in [-0.25, -0.2) is 0 Å². The van der Waals surface area contributed by atoms with Gasteiger partial charge in [0.25, 0.3) is 5.91 Å². The minimum atomic E-state index is -0.606. The number of hydrogen-bond acceptors (Lipinski definition) is 5. The number of Topliss-reactive ketones (excluding diaryl/α,β-unsaturated/α-hetero) is 1. The first kappa shape index (κ1) is 21.2. The Kier molecular flexibility index (Phi) is 6.61. The van der Waals surface area contributed by atoms with Crippen LogP contribution >= 0.6 is 0 Å². The van der Waals surface area contributed by atoms with E-state index in [4.69, 9.17) is 4.74 Å². The SMILES string of the molecule is CCc1ccc(N2C[C@H](C(=O)OCC(=O)Nc3ccc(C(C)=O)cc3)CC2=O)cc1. The van der Waals surface area contributed by atoms with Gasteiger partial charge in [0, 0.05) is 29.9 Å². The van der Waals surface area contributed by atoms with Crippen molar-refractivity contribution in [2.45, 2.75) is 26.7 Å². The molecule has 0 radical (unpaired) electrons. The molecule has 0 aliphatic carbocycles. The van der Waals surface area contributed by atoms with E-state index >= 15 is 0 Å². The molecule has 1 N–H and O–H groups in total. The van der Waals surface area contributed by atoms with Crippen LogP contribution in [0.1, 0.15) is 36.2 Å². The molecular weight excluding hydrogens is 384 g/mol. The fourth-order valence-corrected chi connectivity index (χ4v) is 3.27. The summed E-state index contributed by atoms with van der Waals surface area (Å²) in [7, 11) is 0. The molecule has 0 bridgehead atoms. The molecule has 3 rings (SSSR count). The molecule has 1 saturated heterocycles. The van der Waals surface area contributed by atoms with Crippen LogP contribution in [-0.4, -0.2) is 36.7 Å². The summed E-state index contributed by atoms with van der Waals surface area (Å²) >= 11 is 0. The van der Waals surface area contributed by atoms with Crippen LogP contribution < -0.4 is 10.2 Å². The average molecular weight is 408 g/mol. The fourth-order valence-electron chi connectivity index (χ4n) is 3.27. The molecule has 1 aliphatic rings. The van der Waals surface area contributed by atoms with Crippen LogP contribution in [-0.2, 0) is 25.5 Å². The summed E-state index contributed by atoms with van der Waals surface area (Å²) in [5, 5.41) is 2.60. The number of carbonyl (C=O) groups is 4. The van der Waals surface area contributed by atoms with Crippen molar-refractivity contribution in [2.24, 2.45) is 5.92 Å². The normalized spacial score (nSPS) is 15.7. The van der Waals surface area contributed by atoms with E-state index in [1.807, 2.05) is 24.3 Å². The molecular formula is C23H24N2O5. The second-order valence-electron chi connectivity index (χ2n) is 7.21. The van der Waals surface area contributed by atoms with E-state index in [1.54, 1.807) is 29.2 Å². The second kappa shape index (κ2) is 9.35. The molecule has 2 amide bonds. The Bertz CT molecular complexity index is 951. The third-order valence-corrected chi connectivity index (χ3v) is 5.04. The maximum atomic E-state index is 12.3. The lowest BCUT2D eigenvalue weighted by atomic mass is 10.1. The Hall–Kier alpha value is -3.48. The van der Waals surface area contributed by atoms with Crippen LogP contribution in [0.5, 0.6) is 0 Å². The highest BCUT2D eigenvalue weighted by Crippen LogP contribution is 2.26. The van der Waals surface area contributed by atoms with E-state index in [0.717, 1.165) is 12.1 Å². The zero-order valence-corrected chi connectivity index (χ0v) is 17.0. The monoisotopic (exact) mass is 408 g/mol. The molecule has 1 atom stereocenters. The zero-order chi connectivity index (χ0) is 21.7. The van der Waals surface area contributed by atoms with Crippen molar-refractivity contribution in [3.05, 3.63) is 59.7 Å². The van der Waals surface area contributed by atoms with Crippen molar-refractivity contribution in [2.75, 3.05) is 23.4 Å². The van der Waals surface area contributed by atoms with Gasteiger partial charge in [0.2, 0.25) is 5.91 Å². The van der Waals surface area contributed by atoms with E-state index in [9.17, 15) is 19.2 Å². The van der Waals surface area contributed by atoms with Crippen LogP contribution in [0.2, 0.25) is 0 Å². The quantitative estimate of drug-likeness (QED) is 0.562. The Morgan fingerprint density at radius 3 is 2.33 bits per heavy atom. The molecule has 0 aromatic heterocycles. The van der Waals surface area contributed by atoms with Crippen LogP contribution in [0.3, 0.4) is 0 Å². The molecule has 7 nitrogen and oxygen atoms in total. The summed E-state index contributed by atoms with van der Waals surface area (Å²) in [6.07, 6.45) is 0.967. The molecule has 0 unspecified atom stereocenters. The summed E-state index contributed by atoms with van der Waals surface area (Å²) in [6.45, 7) is 3.31. The van der Waals surface area contributed by atoms with Gasteiger partial charge in [-0.15, -0.1) is 0 Å². The maximum absolute atomic E-state index is 12.3. The fraction of sp³-hybridized carbons (Fsp3) is 0.304. The van der Waals surface area contributed by atoms with Gasteiger partial charge in [-0.05, 0) is 55.3 Å². The van der Waals surface area contributed by atoms with Gasteiger partial charge in [0.1, 0.15) is 0 Å². The first-order valence-electron chi connectivity index (χ1n) is 9.84. The molecule has 1 fully saturated rings. The predicted octanol–water partition coefficient (Wildman–Crippen LogP) is 2.99. The highest BCUT2D eigenvalue weighted by molar-refractivity contribution is 6.00. The summed E-state index contributed by atoms with van der Waals surface area (Å²) in [5.41, 5.74) is 2.96. The lowest BCUT2D eigenvalue weighted by Crippen LogP contribution is -2.28. The van der Waals surface area contributed by atoms with Crippen molar-refractivity contribution in [3.8, 4) is 0 Å².